The second-order valence-corrected chi connectivity index (χ2v) is 6.33. The number of halogens is 3. The summed E-state index contributed by atoms with van der Waals surface area (Å²) in [5.74, 6) is 1.12. The highest BCUT2D eigenvalue weighted by Crippen LogP contribution is 2.29. The molecule has 0 saturated carbocycles. The summed E-state index contributed by atoms with van der Waals surface area (Å²) < 4.78 is 24.5. The van der Waals surface area contributed by atoms with Crippen LogP contribution in [0.4, 0.5) is 4.39 Å². The third kappa shape index (κ3) is 6.22. The summed E-state index contributed by atoms with van der Waals surface area (Å²) in [5.41, 5.74) is 2.67. The number of hydrogen-bond acceptors (Lipinski definition) is 3. The van der Waals surface area contributed by atoms with Gasteiger partial charge in [0.05, 0.1) is 6.61 Å². The van der Waals surface area contributed by atoms with Gasteiger partial charge in [-0.1, -0.05) is 23.7 Å². The van der Waals surface area contributed by atoms with Gasteiger partial charge in [0, 0.05) is 30.7 Å². The molecule has 2 aromatic rings. The van der Waals surface area contributed by atoms with Crippen LogP contribution in [0.3, 0.4) is 0 Å². The third-order valence-corrected chi connectivity index (χ3v) is 4.29. The van der Waals surface area contributed by atoms with Gasteiger partial charge < -0.3 is 20.1 Å². The molecule has 0 fully saturated rings. The minimum absolute atomic E-state index is 0. The zero-order chi connectivity index (χ0) is 18.4. The van der Waals surface area contributed by atoms with E-state index in [1.165, 1.54) is 12.1 Å². The van der Waals surface area contributed by atoms with E-state index < -0.39 is 0 Å². The van der Waals surface area contributed by atoms with Gasteiger partial charge in [-0.25, -0.2) is 4.39 Å². The van der Waals surface area contributed by atoms with Crippen LogP contribution in [-0.2, 0) is 24.3 Å². The molecule has 8 heteroatoms. The Bertz CT molecular complexity index is 787. The monoisotopic (exact) mass is 505 g/mol. The average Bonchev–Trinajstić information content (AvgIpc) is 2.65. The molecular weight excluding hydrogens is 484 g/mol. The van der Waals surface area contributed by atoms with Crippen molar-refractivity contribution in [1.82, 2.24) is 10.6 Å². The second-order valence-electron chi connectivity index (χ2n) is 5.89. The van der Waals surface area contributed by atoms with Crippen LogP contribution in [-0.4, -0.2) is 26.3 Å². The van der Waals surface area contributed by atoms with Crippen LogP contribution in [0, 0.1) is 5.82 Å². The number of ether oxygens (including phenoxy) is 2. The smallest absolute Gasteiger partial charge is 0.191 e. The molecule has 3 rings (SSSR count). The van der Waals surface area contributed by atoms with Crippen LogP contribution in [0.5, 0.6) is 5.75 Å². The first-order valence-corrected chi connectivity index (χ1v) is 8.74. The lowest BCUT2D eigenvalue weighted by molar-refractivity contribution is -0.0172. The summed E-state index contributed by atoms with van der Waals surface area (Å²) in [7, 11) is 1.71. The Morgan fingerprint density at radius 3 is 2.74 bits per heavy atom. The molecule has 0 bridgehead atoms. The molecule has 1 aliphatic heterocycles. The maximum absolute atomic E-state index is 13.8. The van der Waals surface area contributed by atoms with Crippen LogP contribution < -0.4 is 15.4 Å². The Balaban J connectivity index is 0.00000261. The lowest BCUT2D eigenvalue weighted by Crippen LogP contribution is -2.37. The molecule has 0 spiro atoms. The standard InChI is InChI=1S/C19H21ClFN3O2.HI/c1-22-19(24-10-13-2-4-16(20)5-3-13)23-7-6-14-8-17(21)9-15-11-25-12-26-18(14)15;/h2-5,8-9H,6-7,10-12H2,1H3,(H2,22,23,24);1H. The predicted octanol–water partition coefficient (Wildman–Crippen LogP) is 3.87. The lowest BCUT2D eigenvalue weighted by Gasteiger charge is -2.21. The van der Waals surface area contributed by atoms with Crippen molar-refractivity contribution in [2.45, 2.75) is 19.6 Å². The maximum Gasteiger partial charge on any atom is 0.191 e. The van der Waals surface area contributed by atoms with Gasteiger partial charge in [-0.05, 0) is 41.8 Å². The van der Waals surface area contributed by atoms with E-state index in [0.29, 0.717) is 37.1 Å². The highest BCUT2D eigenvalue weighted by atomic mass is 127. The Labute approximate surface area is 180 Å². The van der Waals surface area contributed by atoms with Crippen molar-refractivity contribution in [2.75, 3.05) is 20.4 Å². The number of rotatable bonds is 5. The number of aliphatic imine (C=N–C) groups is 1. The molecule has 1 aliphatic rings. The minimum Gasteiger partial charge on any atom is -0.467 e. The van der Waals surface area contributed by atoms with E-state index >= 15 is 0 Å². The quantitative estimate of drug-likeness (QED) is 0.368. The number of nitrogens with one attached hydrogen (secondary N) is 2. The first-order valence-electron chi connectivity index (χ1n) is 8.36. The van der Waals surface area contributed by atoms with E-state index in [9.17, 15) is 4.39 Å². The number of benzene rings is 2. The second kappa shape index (κ2) is 10.7. The highest BCUT2D eigenvalue weighted by Gasteiger charge is 2.16. The van der Waals surface area contributed by atoms with Gasteiger partial charge in [0.1, 0.15) is 11.6 Å². The maximum atomic E-state index is 13.8. The molecule has 0 saturated heterocycles. The average molecular weight is 506 g/mol. The van der Waals surface area contributed by atoms with Crippen molar-refractivity contribution in [2.24, 2.45) is 4.99 Å². The Hall–Kier alpha value is -1.58. The summed E-state index contributed by atoms with van der Waals surface area (Å²) in [4.78, 5) is 4.20. The van der Waals surface area contributed by atoms with E-state index in [2.05, 4.69) is 15.6 Å². The highest BCUT2D eigenvalue weighted by molar-refractivity contribution is 14.0. The molecule has 0 amide bonds. The Morgan fingerprint density at radius 1 is 1.22 bits per heavy atom. The molecular formula is C19H22ClFIN3O2. The number of hydrogen-bond donors (Lipinski definition) is 2. The van der Waals surface area contributed by atoms with Gasteiger partial charge >= 0.3 is 0 Å². The van der Waals surface area contributed by atoms with E-state index in [1.54, 1.807) is 7.05 Å². The van der Waals surface area contributed by atoms with E-state index in [0.717, 1.165) is 22.4 Å². The van der Waals surface area contributed by atoms with Gasteiger partial charge in [-0.3, -0.25) is 4.99 Å². The van der Waals surface area contributed by atoms with Crippen LogP contribution in [0.1, 0.15) is 16.7 Å². The Morgan fingerprint density at radius 2 is 2.00 bits per heavy atom. The van der Waals surface area contributed by atoms with Crippen molar-refractivity contribution in [3.8, 4) is 5.75 Å². The van der Waals surface area contributed by atoms with Gasteiger partial charge in [0.25, 0.3) is 0 Å². The Kier molecular flexibility index (Phi) is 8.59. The number of nitrogens with zero attached hydrogens (tertiary/aromatic N) is 1. The lowest BCUT2D eigenvalue weighted by atomic mass is 10.1. The molecule has 1 heterocycles. The van der Waals surface area contributed by atoms with Crippen LogP contribution in [0.2, 0.25) is 5.02 Å². The van der Waals surface area contributed by atoms with Gasteiger partial charge in [-0.2, -0.15) is 0 Å². The van der Waals surface area contributed by atoms with E-state index in [1.807, 2.05) is 24.3 Å². The van der Waals surface area contributed by atoms with Gasteiger partial charge in [0.2, 0.25) is 0 Å². The van der Waals surface area contributed by atoms with Crippen molar-refractivity contribution in [1.29, 1.82) is 0 Å². The van der Waals surface area contributed by atoms with Crippen LogP contribution >= 0.6 is 35.6 Å². The molecule has 2 N–H and O–H groups in total. The first kappa shape index (κ1) is 21.7. The number of fused-ring (bicyclic) bond motifs is 1. The predicted molar refractivity (Wildman–Crippen MR) is 115 cm³/mol. The minimum atomic E-state index is -0.280. The van der Waals surface area contributed by atoms with Crippen molar-refractivity contribution >= 4 is 41.5 Å². The number of guanidine groups is 1. The zero-order valence-electron chi connectivity index (χ0n) is 14.9. The third-order valence-electron chi connectivity index (χ3n) is 4.04. The summed E-state index contributed by atoms with van der Waals surface area (Å²) >= 11 is 5.89. The summed E-state index contributed by atoms with van der Waals surface area (Å²) in [6.07, 6.45) is 0.613. The summed E-state index contributed by atoms with van der Waals surface area (Å²) in [6, 6.07) is 10.6. The van der Waals surface area contributed by atoms with Gasteiger partial charge in [-0.15, -0.1) is 24.0 Å². The molecule has 27 heavy (non-hydrogen) atoms. The fourth-order valence-electron chi connectivity index (χ4n) is 2.77. The van der Waals surface area contributed by atoms with Crippen molar-refractivity contribution < 1.29 is 13.9 Å². The fourth-order valence-corrected chi connectivity index (χ4v) is 2.89. The normalized spacial score (nSPS) is 13.2. The van der Waals surface area contributed by atoms with Crippen LogP contribution in [0.15, 0.2) is 41.4 Å². The molecule has 5 nitrogen and oxygen atoms in total. The van der Waals surface area contributed by atoms with E-state index in [4.69, 9.17) is 21.1 Å². The first-order chi connectivity index (χ1) is 12.7. The SMILES string of the molecule is CN=C(NCCc1cc(F)cc2c1OCOC2)NCc1ccc(Cl)cc1.I. The summed E-state index contributed by atoms with van der Waals surface area (Å²) in [6.45, 7) is 1.80. The molecule has 0 unspecified atom stereocenters. The van der Waals surface area contributed by atoms with Crippen molar-refractivity contribution in [3.05, 3.63) is 63.9 Å². The molecule has 0 atom stereocenters. The van der Waals surface area contributed by atoms with E-state index in [-0.39, 0.29) is 36.6 Å². The molecule has 2 aromatic carbocycles. The van der Waals surface area contributed by atoms with Crippen molar-refractivity contribution in [3.63, 3.8) is 0 Å². The largest absolute Gasteiger partial charge is 0.467 e. The zero-order valence-corrected chi connectivity index (χ0v) is 18.0. The molecule has 0 aliphatic carbocycles. The fraction of sp³-hybridized carbons (Fsp3) is 0.316. The molecule has 0 aromatic heterocycles. The molecule has 146 valence electrons. The van der Waals surface area contributed by atoms with Gasteiger partial charge in [0.15, 0.2) is 12.8 Å². The topological polar surface area (TPSA) is 54.9 Å². The van der Waals surface area contributed by atoms with Crippen LogP contribution in [0.25, 0.3) is 0 Å². The molecule has 0 radical (unpaired) electrons. The summed E-state index contributed by atoms with van der Waals surface area (Å²) in [5, 5.41) is 7.18.